The molecule has 0 saturated carbocycles. The van der Waals surface area contributed by atoms with E-state index >= 15 is 0 Å². The van der Waals surface area contributed by atoms with Crippen LogP contribution in [0.5, 0.6) is 0 Å². The van der Waals surface area contributed by atoms with E-state index in [-0.39, 0.29) is 10.9 Å². The Bertz CT molecular complexity index is 1570. The largest absolute Gasteiger partial charge is 0.451 e. The minimum Gasteiger partial charge on any atom is -0.451 e. The molecule has 8 nitrogen and oxygen atoms in total. The minimum absolute atomic E-state index is 0.140. The maximum absolute atomic E-state index is 12.7. The molecule has 3 aromatic heterocycles. The number of carbonyl (C=O) groups is 1. The highest BCUT2D eigenvalue weighted by Crippen LogP contribution is 2.29. The van der Waals surface area contributed by atoms with Gasteiger partial charge in [0.2, 0.25) is 4.96 Å². The zero-order chi connectivity index (χ0) is 24.5. The van der Waals surface area contributed by atoms with Gasteiger partial charge in [0.1, 0.15) is 10.8 Å². The lowest BCUT2D eigenvalue weighted by atomic mass is 10.1. The van der Waals surface area contributed by atoms with Crippen molar-refractivity contribution >= 4 is 56.8 Å². The number of aryl methyl sites for hydroxylation is 2. The first-order valence-corrected chi connectivity index (χ1v) is 12.3. The van der Waals surface area contributed by atoms with Crippen molar-refractivity contribution < 1.29 is 9.21 Å². The number of nitrogens with zero attached hydrogens (tertiary/aromatic N) is 4. The third kappa shape index (κ3) is 4.81. The molecule has 0 saturated heterocycles. The smallest absolute Gasteiger partial charge is 0.293 e. The second-order valence-electron chi connectivity index (χ2n) is 7.68. The second-order valence-corrected chi connectivity index (χ2v) is 9.48. The van der Waals surface area contributed by atoms with Crippen molar-refractivity contribution in [3.63, 3.8) is 0 Å². The summed E-state index contributed by atoms with van der Waals surface area (Å²) < 4.78 is 7.46. The van der Waals surface area contributed by atoms with Crippen molar-refractivity contribution in [3.05, 3.63) is 76.8 Å². The lowest BCUT2D eigenvalue weighted by Gasteiger charge is -2.12. The van der Waals surface area contributed by atoms with Gasteiger partial charge in [-0.25, -0.2) is 0 Å². The fourth-order valence-corrected chi connectivity index (χ4v) is 4.71. The summed E-state index contributed by atoms with van der Waals surface area (Å²) in [6.45, 7) is 3.97. The van der Waals surface area contributed by atoms with Gasteiger partial charge in [-0.3, -0.25) is 10.1 Å². The van der Waals surface area contributed by atoms with Crippen LogP contribution in [0.1, 0.15) is 28.9 Å². The lowest BCUT2D eigenvalue weighted by Crippen LogP contribution is -2.34. The molecule has 0 aliphatic rings. The summed E-state index contributed by atoms with van der Waals surface area (Å²) in [5, 5.41) is 20.3. The molecule has 0 fully saturated rings. The van der Waals surface area contributed by atoms with Crippen LogP contribution in [0.2, 0.25) is 5.02 Å². The van der Waals surface area contributed by atoms with E-state index in [1.165, 1.54) is 11.3 Å². The number of halogens is 1. The van der Waals surface area contributed by atoms with Gasteiger partial charge < -0.3 is 9.73 Å². The van der Waals surface area contributed by atoms with Gasteiger partial charge in [0.05, 0.1) is 0 Å². The molecule has 2 N–H and O–H groups in total. The summed E-state index contributed by atoms with van der Waals surface area (Å²) in [5.41, 5.74) is 3.40. The predicted octanol–water partition coefficient (Wildman–Crippen LogP) is 5.76. The summed E-state index contributed by atoms with van der Waals surface area (Å²) in [7, 11) is 0. The molecule has 0 aliphatic heterocycles. The van der Waals surface area contributed by atoms with E-state index in [9.17, 15) is 4.79 Å². The molecular formula is C24H19ClN6O2S2. The number of furan rings is 1. The Labute approximate surface area is 214 Å². The normalized spacial score (nSPS) is 11.1. The first-order valence-electron chi connectivity index (χ1n) is 10.7. The van der Waals surface area contributed by atoms with Gasteiger partial charge in [-0.1, -0.05) is 54.1 Å². The Morgan fingerprint density at radius 1 is 1.14 bits per heavy atom. The van der Waals surface area contributed by atoms with Gasteiger partial charge in [-0.05, 0) is 55.0 Å². The van der Waals surface area contributed by atoms with Gasteiger partial charge in [0, 0.05) is 28.3 Å². The minimum atomic E-state index is -0.453. The number of anilines is 1. The average Bonchev–Trinajstić information content (AvgIpc) is 3.56. The first kappa shape index (κ1) is 23.2. The second kappa shape index (κ2) is 9.57. The van der Waals surface area contributed by atoms with E-state index in [2.05, 4.69) is 25.9 Å². The van der Waals surface area contributed by atoms with Crippen molar-refractivity contribution in [3.8, 4) is 21.9 Å². The number of thiocarbonyl (C=S) groups is 1. The van der Waals surface area contributed by atoms with Crippen molar-refractivity contribution in [2.24, 2.45) is 0 Å². The van der Waals surface area contributed by atoms with E-state index < -0.39 is 5.91 Å². The Morgan fingerprint density at radius 2 is 2.00 bits per heavy atom. The van der Waals surface area contributed by atoms with Crippen LogP contribution in [0.15, 0.2) is 59.0 Å². The topological polar surface area (TPSA) is 97.3 Å². The highest BCUT2D eigenvalue weighted by atomic mass is 35.5. The first-order chi connectivity index (χ1) is 16.9. The molecule has 11 heteroatoms. The molecule has 0 spiro atoms. The fourth-order valence-electron chi connectivity index (χ4n) is 3.46. The van der Waals surface area contributed by atoms with Crippen molar-refractivity contribution in [1.82, 2.24) is 25.1 Å². The highest BCUT2D eigenvalue weighted by molar-refractivity contribution is 7.80. The SMILES string of the molecule is CCc1nnc2sc(-c3ccc(C)c(NC(=S)NC(=O)c4ccc(-c5cccc(Cl)c5)o4)c3)nn12. The molecule has 176 valence electrons. The van der Waals surface area contributed by atoms with Gasteiger partial charge in [-0.2, -0.15) is 9.61 Å². The Balaban J connectivity index is 1.30. The number of rotatable bonds is 5. The van der Waals surface area contributed by atoms with Crippen LogP contribution in [0.25, 0.3) is 26.9 Å². The molecular weight excluding hydrogens is 504 g/mol. The van der Waals surface area contributed by atoms with Crippen LogP contribution >= 0.6 is 35.2 Å². The maximum atomic E-state index is 12.7. The summed E-state index contributed by atoms with van der Waals surface area (Å²) in [5.74, 6) is 1.04. The average molecular weight is 523 g/mol. The monoisotopic (exact) mass is 522 g/mol. The molecule has 0 radical (unpaired) electrons. The van der Waals surface area contributed by atoms with E-state index in [0.29, 0.717) is 10.8 Å². The Kier molecular flexibility index (Phi) is 6.33. The van der Waals surface area contributed by atoms with E-state index in [1.54, 1.807) is 28.8 Å². The number of hydrogen-bond acceptors (Lipinski definition) is 7. The summed E-state index contributed by atoms with van der Waals surface area (Å²) >= 11 is 12.9. The number of carbonyl (C=O) groups excluding carboxylic acids is 1. The standard InChI is InChI=1S/C24H19ClN6O2S2/c1-3-20-28-29-24-31(20)30-22(35-24)15-8-7-13(2)17(12-15)26-23(34)27-21(32)19-10-9-18(33-19)14-5-4-6-16(25)11-14/h4-12H,3H2,1-2H3,(H2,26,27,32,34). The summed E-state index contributed by atoms with van der Waals surface area (Å²) in [4.78, 5) is 13.4. The fraction of sp³-hybridized carbons (Fsp3) is 0.125. The molecule has 2 aromatic carbocycles. The number of amides is 1. The Morgan fingerprint density at radius 3 is 2.80 bits per heavy atom. The summed E-state index contributed by atoms with van der Waals surface area (Å²) in [6, 6.07) is 16.4. The van der Waals surface area contributed by atoms with E-state index in [1.807, 2.05) is 44.2 Å². The molecule has 0 aliphatic carbocycles. The molecule has 5 rings (SSSR count). The van der Waals surface area contributed by atoms with Gasteiger partial charge in [-0.15, -0.1) is 10.2 Å². The zero-order valence-electron chi connectivity index (χ0n) is 18.7. The Hall–Kier alpha value is -3.60. The van der Waals surface area contributed by atoms with Crippen LogP contribution < -0.4 is 10.6 Å². The molecule has 1 amide bonds. The number of aromatic nitrogens is 4. The molecule has 35 heavy (non-hydrogen) atoms. The zero-order valence-corrected chi connectivity index (χ0v) is 21.1. The van der Waals surface area contributed by atoms with Crippen molar-refractivity contribution in [2.45, 2.75) is 20.3 Å². The highest BCUT2D eigenvalue weighted by Gasteiger charge is 2.16. The van der Waals surface area contributed by atoms with Crippen molar-refractivity contribution in [2.75, 3.05) is 5.32 Å². The van der Waals surface area contributed by atoms with Gasteiger partial charge >= 0.3 is 0 Å². The van der Waals surface area contributed by atoms with Crippen LogP contribution in [0.3, 0.4) is 0 Å². The van der Waals surface area contributed by atoms with Gasteiger partial charge in [0.15, 0.2) is 16.7 Å². The maximum Gasteiger partial charge on any atom is 0.293 e. The number of nitrogens with one attached hydrogen (secondary N) is 2. The molecule has 5 aromatic rings. The number of fused-ring (bicyclic) bond motifs is 1. The summed E-state index contributed by atoms with van der Waals surface area (Å²) in [6.07, 6.45) is 0.745. The van der Waals surface area contributed by atoms with Crippen LogP contribution in [0, 0.1) is 6.92 Å². The van der Waals surface area contributed by atoms with Crippen LogP contribution in [0.4, 0.5) is 5.69 Å². The van der Waals surface area contributed by atoms with Crippen molar-refractivity contribution in [1.29, 1.82) is 0 Å². The molecule has 0 bridgehead atoms. The van der Waals surface area contributed by atoms with Gasteiger partial charge in [0.25, 0.3) is 5.91 Å². The molecule has 0 unspecified atom stereocenters. The van der Waals surface area contributed by atoms with E-state index in [4.69, 9.17) is 28.2 Å². The van der Waals surface area contributed by atoms with Crippen LogP contribution in [-0.4, -0.2) is 30.8 Å². The van der Waals surface area contributed by atoms with E-state index in [0.717, 1.165) is 44.6 Å². The predicted molar refractivity (Wildman–Crippen MR) is 141 cm³/mol. The molecule has 0 atom stereocenters. The number of hydrogen-bond donors (Lipinski definition) is 2. The lowest BCUT2D eigenvalue weighted by molar-refractivity contribution is 0.0951. The third-order valence-electron chi connectivity index (χ3n) is 5.27. The quantitative estimate of drug-likeness (QED) is 0.283. The molecule has 3 heterocycles. The number of benzene rings is 2. The third-order valence-corrected chi connectivity index (χ3v) is 6.66. The van der Waals surface area contributed by atoms with Crippen LogP contribution in [-0.2, 0) is 6.42 Å².